The van der Waals surface area contributed by atoms with Crippen molar-refractivity contribution >= 4 is 55.1 Å². The van der Waals surface area contributed by atoms with Crippen molar-refractivity contribution in [3.8, 4) is 0 Å². The minimum Gasteiger partial charge on any atom is -0.330 e. The molecule has 0 bridgehead atoms. The Morgan fingerprint density at radius 2 is 1.85 bits per heavy atom. The van der Waals surface area contributed by atoms with Gasteiger partial charge < -0.3 is 9.55 Å². The lowest BCUT2D eigenvalue weighted by Gasteiger charge is -2.05. The molecule has 1 N–H and O–H groups in total. The molecule has 1 heterocycles. The predicted octanol–water partition coefficient (Wildman–Crippen LogP) is 5.41. The highest BCUT2D eigenvalue weighted by Gasteiger charge is 2.09. The van der Waals surface area contributed by atoms with Gasteiger partial charge in [-0.25, -0.2) is 4.39 Å². The Balaban J connectivity index is 2.11. The van der Waals surface area contributed by atoms with Gasteiger partial charge in [0.15, 0.2) is 4.77 Å². The van der Waals surface area contributed by atoms with Gasteiger partial charge in [0.1, 0.15) is 5.82 Å². The summed E-state index contributed by atoms with van der Waals surface area (Å²) in [7, 11) is 0. The molecule has 2 aromatic carbocycles. The topological polar surface area (TPSA) is 20.7 Å². The van der Waals surface area contributed by atoms with Crippen molar-refractivity contribution in [3.05, 3.63) is 61.5 Å². The van der Waals surface area contributed by atoms with Crippen LogP contribution < -0.4 is 0 Å². The molecule has 0 saturated carbocycles. The number of rotatable bonds is 2. The van der Waals surface area contributed by atoms with Crippen molar-refractivity contribution in [1.82, 2.24) is 9.55 Å². The molecule has 3 aromatic rings. The minimum absolute atomic E-state index is 0.301. The maximum atomic E-state index is 13.5. The number of H-pyrrole nitrogens is 1. The van der Waals surface area contributed by atoms with Crippen LogP contribution in [0.2, 0.25) is 0 Å². The highest BCUT2D eigenvalue weighted by molar-refractivity contribution is 9.10. The minimum atomic E-state index is -0.301. The number of aromatic nitrogens is 2. The number of benzene rings is 2. The number of imidazole rings is 1. The van der Waals surface area contributed by atoms with E-state index in [1.165, 1.54) is 6.07 Å². The summed E-state index contributed by atoms with van der Waals surface area (Å²) in [6.07, 6.45) is 0. The van der Waals surface area contributed by atoms with Crippen molar-refractivity contribution in [1.29, 1.82) is 0 Å². The van der Waals surface area contributed by atoms with Gasteiger partial charge in [0, 0.05) is 10.5 Å². The van der Waals surface area contributed by atoms with Gasteiger partial charge in [-0.2, -0.15) is 0 Å². The van der Waals surface area contributed by atoms with Crippen molar-refractivity contribution in [3.63, 3.8) is 0 Å². The van der Waals surface area contributed by atoms with Crippen LogP contribution in [0.5, 0.6) is 0 Å². The third-order valence-electron chi connectivity index (χ3n) is 3.07. The molecule has 3 rings (SSSR count). The summed E-state index contributed by atoms with van der Waals surface area (Å²) >= 11 is 12.0. The van der Waals surface area contributed by atoms with Crippen LogP contribution in [0.4, 0.5) is 4.39 Å². The van der Waals surface area contributed by atoms with Crippen LogP contribution in [0.1, 0.15) is 5.56 Å². The van der Waals surface area contributed by atoms with Gasteiger partial charge in [0.2, 0.25) is 0 Å². The van der Waals surface area contributed by atoms with E-state index in [2.05, 4.69) is 36.8 Å². The van der Waals surface area contributed by atoms with Crippen molar-refractivity contribution in [2.45, 2.75) is 6.54 Å². The van der Waals surface area contributed by atoms with E-state index in [4.69, 9.17) is 12.2 Å². The standard InChI is InChI=1S/C14H9Br2FN2S/c15-9-3-1-8(2-4-9)7-19-13-5-10(16)11(17)6-12(13)18-14(19)20/h1-6H,7H2,(H,18,20). The van der Waals surface area contributed by atoms with E-state index < -0.39 is 0 Å². The van der Waals surface area contributed by atoms with Crippen LogP contribution in [-0.4, -0.2) is 9.55 Å². The second-order valence-corrected chi connectivity index (χ2v) is 6.58. The molecule has 0 aliphatic carbocycles. The predicted molar refractivity (Wildman–Crippen MR) is 88.0 cm³/mol. The van der Waals surface area contributed by atoms with Crippen LogP contribution >= 0.6 is 44.1 Å². The fraction of sp³-hybridized carbons (Fsp3) is 0.0714. The fourth-order valence-electron chi connectivity index (χ4n) is 2.08. The summed E-state index contributed by atoms with van der Waals surface area (Å²) in [6, 6.07) is 11.2. The zero-order valence-electron chi connectivity index (χ0n) is 10.2. The molecule has 0 amide bonds. The van der Waals surface area contributed by atoms with E-state index >= 15 is 0 Å². The maximum Gasteiger partial charge on any atom is 0.178 e. The molecule has 6 heteroatoms. The molecule has 0 aliphatic rings. The van der Waals surface area contributed by atoms with Crippen molar-refractivity contribution < 1.29 is 4.39 Å². The van der Waals surface area contributed by atoms with E-state index in [0.717, 1.165) is 15.6 Å². The second kappa shape index (κ2) is 5.42. The van der Waals surface area contributed by atoms with Crippen molar-refractivity contribution in [2.75, 3.05) is 0 Å². The second-order valence-electron chi connectivity index (χ2n) is 4.43. The third kappa shape index (κ3) is 2.60. The Morgan fingerprint density at radius 1 is 1.15 bits per heavy atom. The molecule has 0 unspecified atom stereocenters. The molecule has 102 valence electrons. The Morgan fingerprint density at radius 3 is 2.55 bits per heavy atom. The van der Waals surface area contributed by atoms with E-state index in [-0.39, 0.29) is 5.82 Å². The first-order valence-corrected chi connectivity index (χ1v) is 7.86. The molecule has 2 nitrogen and oxygen atoms in total. The van der Waals surface area contributed by atoms with E-state index in [0.29, 0.717) is 21.3 Å². The summed E-state index contributed by atoms with van der Waals surface area (Å²) in [5.41, 5.74) is 2.71. The highest BCUT2D eigenvalue weighted by Crippen LogP contribution is 2.24. The summed E-state index contributed by atoms with van der Waals surface area (Å²) < 4.78 is 17.6. The zero-order chi connectivity index (χ0) is 14.3. The average molecular weight is 416 g/mol. The lowest BCUT2D eigenvalue weighted by atomic mass is 10.2. The Kier molecular flexibility index (Phi) is 3.79. The van der Waals surface area contributed by atoms with Crippen molar-refractivity contribution in [2.24, 2.45) is 0 Å². The van der Waals surface area contributed by atoms with Crippen LogP contribution in [-0.2, 0) is 6.54 Å². The Hall–Kier alpha value is -0.980. The molecular weight excluding hydrogens is 407 g/mol. The first-order chi connectivity index (χ1) is 9.54. The molecule has 1 aromatic heterocycles. The van der Waals surface area contributed by atoms with Gasteiger partial charge in [-0.15, -0.1) is 0 Å². The first kappa shape index (κ1) is 14.0. The number of halogens is 3. The van der Waals surface area contributed by atoms with Gasteiger partial charge in [-0.1, -0.05) is 28.1 Å². The molecule has 20 heavy (non-hydrogen) atoms. The van der Waals surface area contributed by atoms with Crippen LogP contribution in [0.15, 0.2) is 45.3 Å². The molecule has 0 fully saturated rings. The Bertz CT molecular complexity index is 837. The third-order valence-corrected chi connectivity index (χ3v) is 4.53. The molecule has 0 spiro atoms. The van der Waals surface area contributed by atoms with Gasteiger partial charge in [0.25, 0.3) is 0 Å². The molecule has 0 atom stereocenters. The van der Waals surface area contributed by atoms with Gasteiger partial charge in [0.05, 0.1) is 22.1 Å². The highest BCUT2D eigenvalue weighted by atomic mass is 79.9. The maximum absolute atomic E-state index is 13.5. The van der Waals surface area contributed by atoms with E-state index in [9.17, 15) is 4.39 Å². The van der Waals surface area contributed by atoms with Gasteiger partial charge in [-0.3, -0.25) is 0 Å². The largest absolute Gasteiger partial charge is 0.330 e. The number of nitrogens with zero attached hydrogens (tertiary/aromatic N) is 1. The van der Waals surface area contributed by atoms with E-state index in [1.807, 2.05) is 28.8 Å². The monoisotopic (exact) mass is 414 g/mol. The van der Waals surface area contributed by atoms with Crippen LogP contribution in [0.3, 0.4) is 0 Å². The molecule has 0 saturated heterocycles. The average Bonchev–Trinajstić information content (AvgIpc) is 2.69. The molecule has 0 aliphatic heterocycles. The first-order valence-electron chi connectivity index (χ1n) is 5.86. The lowest BCUT2D eigenvalue weighted by Crippen LogP contribution is -1.99. The number of fused-ring (bicyclic) bond motifs is 1. The smallest absolute Gasteiger partial charge is 0.178 e. The number of nitrogens with one attached hydrogen (secondary N) is 1. The zero-order valence-corrected chi connectivity index (χ0v) is 14.1. The SMILES string of the molecule is Fc1cc2[nH]c(=S)n(Cc3ccc(Br)cc3)c2cc1Br. The summed E-state index contributed by atoms with van der Waals surface area (Å²) in [6.45, 7) is 0.643. The number of aromatic amines is 1. The summed E-state index contributed by atoms with van der Waals surface area (Å²) in [5, 5.41) is 0. The normalized spacial score (nSPS) is 11.2. The lowest BCUT2D eigenvalue weighted by molar-refractivity contribution is 0.622. The summed E-state index contributed by atoms with van der Waals surface area (Å²) in [4.78, 5) is 3.03. The number of hydrogen-bond donors (Lipinski definition) is 1. The van der Waals surface area contributed by atoms with Crippen LogP contribution in [0.25, 0.3) is 11.0 Å². The summed E-state index contributed by atoms with van der Waals surface area (Å²) in [5.74, 6) is -0.301. The fourth-order valence-corrected chi connectivity index (χ4v) is 2.95. The van der Waals surface area contributed by atoms with Gasteiger partial charge in [-0.05, 0) is 51.9 Å². The molecular formula is C14H9Br2FN2S. The quantitative estimate of drug-likeness (QED) is 0.555. The Labute approximate surface area is 136 Å². The van der Waals surface area contributed by atoms with E-state index in [1.54, 1.807) is 6.07 Å². The molecule has 0 radical (unpaired) electrons. The number of hydrogen-bond acceptors (Lipinski definition) is 1. The van der Waals surface area contributed by atoms with Crippen LogP contribution in [0, 0.1) is 10.6 Å². The van der Waals surface area contributed by atoms with Gasteiger partial charge >= 0.3 is 0 Å².